The molecule has 1 fully saturated rings. The minimum atomic E-state index is -0.498. The van der Waals surface area contributed by atoms with E-state index in [0.717, 1.165) is 0 Å². The number of nitrogens with one attached hydrogen (secondary N) is 1. The van der Waals surface area contributed by atoms with Crippen molar-refractivity contribution >= 4 is 17.6 Å². The molecule has 102 valence electrons. The molecule has 2 heterocycles. The van der Waals surface area contributed by atoms with Gasteiger partial charge in [0, 0.05) is 25.5 Å². The van der Waals surface area contributed by atoms with Crippen molar-refractivity contribution in [2.45, 2.75) is 19.9 Å². The van der Waals surface area contributed by atoms with Gasteiger partial charge in [-0.1, -0.05) is 13.8 Å². The molecule has 0 aliphatic carbocycles. The predicted octanol–water partition coefficient (Wildman–Crippen LogP) is -0.345. The van der Waals surface area contributed by atoms with Crippen molar-refractivity contribution < 1.29 is 9.59 Å². The van der Waals surface area contributed by atoms with Gasteiger partial charge in [0.15, 0.2) is 11.5 Å². The molecule has 1 saturated heterocycles. The molecule has 1 aromatic rings. The third kappa shape index (κ3) is 2.49. The molecule has 0 radical (unpaired) electrons. The van der Waals surface area contributed by atoms with Gasteiger partial charge in [0.05, 0.1) is 0 Å². The summed E-state index contributed by atoms with van der Waals surface area (Å²) in [6.45, 7) is 4.68. The van der Waals surface area contributed by atoms with E-state index in [1.165, 1.54) is 17.3 Å². The smallest absolute Gasteiger partial charge is 0.277 e. The zero-order chi connectivity index (χ0) is 14.0. The van der Waals surface area contributed by atoms with Crippen molar-refractivity contribution in [2.24, 2.45) is 5.92 Å². The monoisotopic (exact) mass is 263 g/mol. The van der Waals surface area contributed by atoms with E-state index < -0.39 is 6.04 Å². The zero-order valence-corrected chi connectivity index (χ0v) is 11.0. The van der Waals surface area contributed by atoms with Crippen molar-refractivity contribution in [3.05, 3.63) is 18.1 Å². The van der Waals surface area contributed by atoms with Gasteiger partial charge >= 0.3 is 0 Å². The van der Waals surface area contributed by atoms with E-state index in [9.17, 15) is 9.59 Å². The highest BCUT2D eigenvalue weighted by Crippen LogP contribution is 2.18. The van der Waals surface area contributed by atoms with Crippen LogP contribution in [0.3, 0.4) is 0 Å². The largest absolute Gasteiger partial charge is 0.382 e. The minimum absolute atomic E-state index is 0.0159. The first-order valence-corrected chi connectivity index (χ1v) is 6.17. The van der Waals surface area contributed by atoms with Gasteiger partial charge in [-0.25, -0.2) is 9.97 Å². The first-order chi connectivity index (χ1) is 9.02. The maximum absolute atomic E-state index is 12.4. The molecule has 1 unspecified atom stereocenters. The lowest BCUT2D eigenvalue weighted by molar-refractivity contribution is -0.129. The van der Waals surface area contributed by atoms with Gasteiger partial charge in [-0.05, 0) is 5.92 Å². The van der Waals surface area contributed by atoms with Crippen molar-refractivity contribution in [3.8, 4) is 0 Å². The summed E-state index contributed by atoms with van der Waals surface area (Å²) in [5, 5.41) is 2.76. The molecule has 2 amide bonds. The maximum atomic E-state index is 12.4. The number of nitrogen functional groups attached to an aromatic ring is 1. The lowest BCUT2D eigenvalue weighted by Gasteiger charge is -2.37. The van der Waals surface area contributed by atoms with Crippen LogP contribution in [-0.4, -0.2) is 45.8 Å². The van der Waals surface area contributed by atoms with Gasteiger partial charge in [0.25, 0.3) is 5.91 Å². The number of nitrogens with two attached hydrogens (primary N) is 1. The number of hydrogen-bond acceptors (Lipinski definition) is 5. The molecule has 0 aromatic carbocycles. The van der Waals surface area contributed by atoms with Crippen LogP contribution in [0.15, 0.2) is 12.4 Å². The Morgan fingerprint density at radius 2 is 2.16 bits per heavy atom. The molecule has 7 heteroatoms. The normalized spacial score (nSPS) is 19.4. The van der Waals surface area contributed by atoms with Crippen LogP contribution in [0.2, 0.25) is 0 Å². The van der Waals surface area contributed by atoms with Crippen LogP contribution in [0, 0.1) is 5.92 Å². The van der Waals surface area contributed by atoms with Gasteiger partial charge in [0.2, 0.25) is 5.91 Å². The van der Waals surface area contributed by atoms with Crippen LogP contribution in [0.1, 0.15) is 24.3 Å². The van der Waals surface area contributed by atoms with Crippen molar-refractivity contribution in [2.75, 3.05) is 18.8 Å². The van der Waals surface area contributed by atoms with E-state index in [1.54, 1.807) is 0 Å². The average molecular weight is 263 g/mol. The van der Waals surface area contributed by atoms with Crippen LogP contribution < -0.4 is 11.1 Å². The molecule has 19 heavy (non-hydrogen) atoms. The van der Waals surface area contributed by atoms with Crippen molar-refractivity contribution in [1.82, 2.24) is 20.2 Å². The van der Waals surface area contributed by atoms with Gasteiger partial charge in [-0.2, -0.15) is 0 Å². The Morgan fingerprint density at radius 1 is 1.47 bits per heavy atom. The quantitative estimate of drug-likeness (QED) is 0.759. The average Bonchev–Trinajstić information content (AvgIpc) is 2.37. The van der Waals surface area contributed by atoms with Gasteiger partial charge in [-0.3, -0.25) is 9.59 Å². The van der Waals surface area contributed by atoms with E-state index in [1.807, 2.05) is 13.8 Å². The summed E-state index contributed by atoms with van der Waals surface area (Å²) in [7, 11) is 0. The summed E-state index contributed by atoms with van der Waals surface area (Å²) in [5.41, 5.74) is 5.76. The molecule has 1 aliphatic rings. The van der Waals surface area contributed by atoms with E-state index in [0.29, 0.717) is 13.1 Å². The lowest BCUT2D eigenvalue weighted by Crippen LogP contribution is -2.59. The topological polar surface area (TPSA) is 101 Å². The number of carbonyl (C=O) groups is 2. The SMILES string of the molecule is CC(C)C1C(=O)NCCN1C(=O)c1nccnc1N. The highest BCUT2D eigenvalue weighted by Gasteiger charge is 2.36. The Labute approximate surface area is 111 Å². The number of rotatable bonds is 2. The van der Waals surface area contributed by atoms with Gasteiger partial charge in [0.1, 0.15) is 6.04 Å². The maximum Gasteiger partial charge on any atom is 0.277 e. The Balaban J connectivity index is 2.31. The second-order valence-electron chi connectivity index (χ2n) is 4.77. The fourth-order valence-corrected chi connectivity index (χ4v) is 2.22. The van der Waals surface area contributed by atoms with Crippen LogP contribution >= 0.6 is 0 Å². The Bertz CT molecular complexity index is 503. The first kappa shape index (κ1) is 13.3. The Kier molecular flexibility index (Phi) is 3.64. The number of piperazine rings is 1. The van der Waals surface area contributed by atoms with Crippen LogP contribution in [-0.2, 0) is 4.79 Å². The van der Waals surface area contributed by atoms with Crippen LogP contribution in [0.5, 0.6) is 0 Å². The highest BCUT2D eigenvalue weighted by atomic mass is 16.2. The zero-order valence-electron chi connectivity index (χ0n) is 11.0. The molecular weight excluding hydrogens is 246 g/mol. The summed E-state index contributed by atoms with van der Waals surface area (Å²) in [6, 6.07) is -0.498. The molecular formula is C12H17N5O2. The fourth-order valence-electron chi connectivity index (χ4n) is 2.22. The van der Waals surface area contributed by atoms with Gasteiger partial charge < -0.3 is 16.0 Å². The number of anilines is 1. The van der Waals surface area contributed by atoms with Crippen molar-refractivity contribution in [3.63, 3.8) is 0 Å². The molecule has 3 N–H and O–H groups in total. The number of aromatic nitrogens is 2. The molecule has 1 aliphatic heterocycles. The standard InChI is InChI=1S/C12H17N5O2/c1-7(2)9-11(18)16-5-6-17(9)12(19)8-10(13)15-4-3-14-8/h3-4,7,9H,5-6H2,1-2H3,(H2,13,15)(H,16,18). The third-order valence-electron chi connectivity index (χ3n) is 3.08. The lowest BCUT2D eigenvalue weighted by atomic mass is 9.99. The van der Waals surface area contributed by atoms with Crippen LogP contribution in [0.25, 0.3) is 0 Å². The van der Waals surface area contributed by atoms with Crippen LogP contribution in [0.4, 0.5) is 5.82 Å². The molecule has 0 saturated carbocycles. The minimum Gasteiger partial charge on any atom is -0.382 e. The molecule has 1 aromatic heterocycles. The number of nitrogens with zero attached hydrogens (tertiary/aromatic N) is 3. The van der Waals surface area contributed by atoms with Gasteiger partial charge in [-0.15, -0.1) is 0 Å². The highest BCUT2D eigenvalue weighted by molar-refractivity contribution is 5.99. The van der Waals surface area contributed by atoms with E-state index in [4.69, 9.17) is 5.73 Å². The molecule has 2 rings (SSSR count). The summed E-state index contributed by atoms with van der Waals surface area (Å²) in [6.07, 6.45) is 2.84. The van der Waals surface area contributed by atoms with E-state index >= 15 is 0 Å². The van der Waals surface area contributed by atoms with E-state index in [2.05, 4.69) is 15.3 Å². The first-order valence-electron chi connectivity index (χ1n) is 6.17. The molecule has 1 atom stereocenters. The fraction of sp³-hybridized carbons (Fsp3) is 0.500. The molecule has 0 spiro atoms. The summed E-state index contributed by atoms with van der Waals surface area (Å²) < 4.78 is 0. The predicted molar refractivity (Wildman–Crippen MR) is 69.1 cm³/mol. The Morgan fingerprint density at radius 3 is 2.79 bits per heavy atom. The number of carbonyl (C=O) groups excluding carboxylic acids is 2. The molecule has 7 nitrogen and oxygen atoms in total. The summed E-state index contributed by atoms with van der Waals surface area (Å²) in [4.78, 5) is 33.7. The third-order valence-corrected chi connectivity index (χ3v) is 3.08. The Hall–Kier alpha value is -2.18. The second kappa shape index (κ2) is 5.21. The number of amides is 2. The van der Waals surface area contributed by atoms with E-state index in [-0.39, 0.29) is 29.2 Å². The van der Waals surface area contributed by atoms with Crippen molar-refractivity contribution in [1.29, 1.82) is 0 Å². The second-order valence-corrected chi connectivity index (χ2v) is 4.77. The molecule has 0 bridgehead atoms. The summed E-state index contributed by atoms with van der Waals surface area (Å²) >= 11 is 0. The summed E-state index contributed by atoms with van der Waals surface area (Å²) in [5.74, 6) is -0.389. The number of hydrogen-bond donors (Lipinski definition) is 2.